The van der Waals surface area contributed by atoms with Gasteiger partial charge in [-0.05, 0) is 32.6 Å². The molecule has 2 aliphatic rings. The van der Waals surface area contributed by atoms with Gasteiger partial charge in [0, 0.05) is 31.2 Å². The van der Waals surface area contributed by atoms with Crippen LogP contribution < -0.4 is 0 Å². The van der Waals surface area contributed by atoms with E-state index in [2.05, 4.69) is 5.16 Å². The second-order valence-electron chi connectivity index (χ2n) is 6.10. The van der Waals surface area contributed by atoms with Gasteiger partial charge in [-0.1, -0.05) is 11.6 Å². The second kappa shape index (κ2) is 5.20. The molecule has 0 radical (unpaired) electrons. The largest absolute Gasteiger partial charge is 0.381 e. The lowest BCUT2D eigenvalue weighted by molar-refractivity contribution is 0.0418. The minimum Gasteiger partial charge on any atom is -0.381 e. The summed E-state index contributed by atoms with van der Waals surface area (Å²) >= 11 is 0. The molecular formula is C15H22N2O3. The molecule has 0 N–H and O–H groups in total. The zero-order chi connectivity index (χ0) is 14.2. The Balaban J connectivity index is 1.73. The summed E-state index contributed by atoms with van der Waals surface area (Å²) in [6, 6.07) is 1.71. The van der Waals surface area contributed by atoms with Crippen molar-refractivity contribution in [2.45, 2.75) is 33.1 Å². The highest BCUT2D eigenvalue weighted by Gasteiger charge is 2.50. The lowest BCUT2D eigenvalue weighted by Gasteiger charge is -2.28. The van der Waals surface area contributed by atoms with Crippen molar-refractivity contribution >= 4 is 5.91 Å². The standard InChI is InChI=1S/C15H22N2O3/c1-3-19-10-15-6-4-5-12(15)8-17(9-15)14(18)13-7-11(2)20-16-13/h7,12H,3-6,8-10H2,1-2H3/t12-,15+/m1/s1. The number of aromatic nitrogens is 1. The molecule has 1 aliphatic carbocycles. The Hall–Kier alpha value is -1.36. The number of amides is 1. The normalized spacial score (nSPS) is 28.9. The van der Waals surface area contributed by atoms with E-state index >= 15 is 0 Å². The molecule has 3 rings (SSSR count). The number of carbonyl (C=O) groups excluding carboxylic acids is 1. The first-order chi connectivity index (χ1) is 9.64. The predicted octanol–water partition coefficient (Wildman–Crippen LogP) is 2.26. The summed E-state index contributed by atoms with van der Waals surface area (Å²) in [6.07, 6.45) is 3.62. The Bertz CT molecular complexity index is 499. The molecule has 2 atom stereocenters. The first-order valence-electron chi connectivity index (χ1n) is 7.45. The average molecular weight is 278 g/mol. The van der Waals surface area contributed by atoms with Gasteiger partial charge in [-0.2, -0.15) is 0 Å². The average Bonchev–Trinajstić information content (AvgIpc) is 3.09. The molecule has 1 saturated carbocycles. The van der Waals surface area contributed by atoms with Crippen LogP contribution in [0.25, 0.3) is 0 Å². The third kappa shape index (κ3) is 2.24. The summed E-state index contributed by atoms with van der Waals surface area (Å²) in [5, 5.41) is 3.84. The summed E-state index contributed by atoms with van der Waals surface area (Å²) < 4.78 is 10.7. The first kappa shape index (κ1) is 13.6. The number of likely N-dealkylation sites (tertiary alicyclic amines) is 1. The van der Waals surface area contributed by atoms with Crippen molar-refractivity contribution < 1.29 is 14.1 Å². The topological polar surface area (TPSA) is 55.6 Å². The minimum absolute atomic E-state index is 0.00729. The van der Waals surface area contributed by atoms with Crippen molar-refractivity contribution in [3.8, 4) is 0 Å². The Morgan fingerprint density at radius 2 is 2.50 bits per heavy atom. The van der Waals surface area contributed by atoms with Gasteiger partial charge in [0.15, 0.2) is 5.69 Å². The van der Waals surface area contributed by atoms with Gasteiger partial charge in [0.25, 0.3) is 5.91 Å². The zero-order valence-corrected chi connectivity index (χ0v) is 12.2. The monoisotopic (exact) mass is 278 g/mol. The Labute approximate surface area is 119 Å². The SMILES string of the molecule is CCOC[C@@]12CCC[C@@H]1CN(C(=O)c1cc(C)on1)C2. The lowest BCUT2D eigenvalue weighted by atomic mass is 9.82. The number of aryl methyl sites for hydroxylation is 1. The van der Waals surface area contributed by atoms with Gasteiger partial charge in [-0.3, -0.25) is 4.79 Å². The summed E-state index contributed by atoms with van der Waals surface area (Å²) in [6.45, 7) is 6.97. The number of nitrogens with zero attached hydrogens (tertiary/aromatic N) is 2. The van der Waals surface area contributed by atoms with Gasteiger partial charge in [0.1, 0.15) is 5.76 Å². The molecule has 0 bridgehead atoms. The number of hydrogen-bond donors (Lipinski definition) is 0. The Morgan fingerprint density at radius 1 is 1.65 bits per heavy atom. The Morgan fingerprint density at radius 3 is 3.20 bits per heavy atom. The molecule has 1 amide bonds. The lowest BCUT2D eigenvalue weighted by Crippen LogP contribution is -2.34. The minimum atomic E-state index is -0.00729. The molecule has 0 spiro atoms. The van der Waals surface area contributed by atoms with Gasteiger partial charge in [-0.25, -0.2) is 0 Å². The molecule has 0 unspecified atom stereocenters. The molecule has 1 aromatic heterocycles. The first-order valence-corrected chi connectivity index (χ1v) is 7.45. The maximum atomic E-state index is 12.5. The fourth-order valence-electron chi connectivity index (χ4n) is 3.74. The van der Waals surface area contributed by atoms with Crippen LogP contribution in [0.1, 0.15) is 42.4 Å². The summed E-state index contributed by atoms with van der Waals surface area (Å²) in [5.41, 5.74) is 0.596. The van der Waals surface area contributed by atoms with E-state index in [-0.39, 0.29) is 11.3 Å². The van der Waals surface area contributed by atoms with Crippen LogP contribution in [-0.4, -0.2) is 42.3 Å². The van der Waals surface area contributed by atoms with Gasteiger partial charge < -0.3 is 14.2 Å². The smallest absolute Gasteiger partial charge is 0.276 e. The van der Waals surface area contributed by atoms with Gasteiger partial charge in [-0.15, -0.1) is 0 Å². The summed E-state index contributed by atoms with van der Waals surface area (Å²) in [4.78, 5) is 14.4. The molecule has 1 aliphatic heterocycles. The summed E-state index contributed by atoms with van der Waals surface area (Å²) in [5.74, 6) is 1.25. The highest BCUT2D eigenvalue weighted by molar-refractivity contribution is 5.92. The van der Waals surface area contributed by atoms with E-state index in [1.54, 1.807) is 13.0 Å². The maximum Gasteiger partial charge on any atom is 0.276 e. The van der Waals surface area contributed by atoms with Crippen molar-refractivity contribution in [1.29, 1.82) is 0 Å². The summed E-state index contributed by atoms with van der Waals surface area (Å²) in [7, 11) is 0. The van der Waals surface area contributed by atoms with E-state index in [0.29, 0.717) is 17.4 Å². The second-order valence-corrected chi connectivity index (χ2v) is 6.10. The van der Waals surface area contributed by atoms with Crippen molar-refractivity contribution in [2.24, 2.45) is 11.3 Å². The number of carbonyl (C=O) groups is 1. The molecule has 20 heavy (non-hydrogen) atoms. The molecule has 2 fully saturated rings. The molecule has 5 heteroatoms. The van der Waals surface area contributed by atoms with E-state index in [0.717, 1.165) is 26.3 Å². The maximum absolute atomic E-state index is 12.5. The predicted molar refractivity (Wildman–Crippen MR) is 73.4 cm³/mol. The number of rotatable bonds is 4. The van der Waals surface area contributed by atoms with Crippen molar-refractivity contribution in [3.05, 3.63) is 17.5 Å². The number of ether oxygens (including phenoxy) is 1. The van der Waals surface area contributed by atoms with E-state index < -0.39 is 0 Å². The van der Waals surface area contributed by atoms with Crippen molar-refractivity contribution in [2.75, 3.05) is 26.3 Å². The van der Waals surface area contributed by atoms with Crippen LogP contribution in [-0.2, 0) is 4.74 Å². The highest BCUT2D eigenvalue weighted by atomic mass is 16.5. The third-order valence-corrected chi connectivity index (χ3v) is 4.77. The third-order valence-electron chi connectivity index (χ3n) is 4.77. The molecule has 2 heterocycles. The van der Waals surface area contributed by atoms with Gasteiger partial charge >= 0.3 is 0 Å². The molecule has 0 aromatic carbocycles. The van der Waals surface area contributed by atoms with Gasteiger partial charge in [0.05, 0.1) is 6.61 Å². The molecular weight excluding hydrogens is 256 g/mol. The van der Waals surface area contributed by atoms with E-state index in [1.807, 2.05) is 11.8 Å². The fraction of sp³-hybridized carbons (Fsp3) is 0.733. The van der Waals surface area contributed by atoms with E-state index in [4.69, 9.17) is 9.26 Å². The van der Waals surface area contributed by atoms with Crippen LogP contribution in [0, 0.1) is 18.3 Å². The molecule has 5 nitrogen and oxygen atoms in total. The van der Waals surface area contributed by atoms with Crippen LogP contribution in [0.4, 0.5) is 0 Å². The van der Waals surface area contributed by atoms with Crippen LogP contribution >= 0.6 is 0 Å². The molecule has 110 valence electrons. The van der Waals surface area contributed by atoms with Crippen molar-refractivity contribution in [1.82, 2.24) is 10.1 Å². The quantitative estimate of drug-likeness (QED) is 0.847. The molecule has 1 saturated heterocycles. The van der Waals surface area contributed by atoms with E-state index in [9.17, 15) is 4.79 Å². The number of fused-ring (bicyclic) bond motifs is 1. The van der Waals surface area contributed by atoms with Crippen LogP contribution in [0.2, 0.25) is 0 Å². The van der Waals surface area contributed by atoms with Crippen LogP contribution in [0.5, 0.6) is 0 Å². The van der Waals surface area contributed by atoms with Crippen LogP contribution in [0.3, 0.4) is 0 Å². The fourth-order valence-corrected chi connectivity index (χ4v) is 3.74. The van der Waals surface area contributed by atoms with Crippen molar-refractivity contribution in [3.63, 3.8) is 0 Å². The highest BCUT2D eigenvalue weighted by Crippen LogP contribution is 2.49. The molecule has 1 aromatic rings. The number of hydrogen-bond acceptors (Lipinski definition) is 4. The van der Waals surface area contributed by atoms with E-state index in [1.165, 1.54) is 19.3 Å². The Kier molecular flexibility index (Phi) is 3.54. The van der Waals surface area contributed by atoms with Gasteiger partial charge in [0.2, 0.25) is 0 Å². The van der Waals surface area contributed by atoms with Crippen LogP contribution in [0.15, 0.2) is 10.6 Å². The zero-order valence-electron chi connectivity index (χ0n) is 12.2.